The van der Waals surface area contributed by atoms with Crippen molar-refractivity contribution in [3.05, 3.63) is 35.4 Å². The molecular weight excluding hydrogens is 288 g/mol. The first-order valence-electron chi connectivity index (χ1n) is 6.40. The summed E-state index contributed by atoms with van der Waals surface area (Å²) in [6.45, 7) is 2.00. The van der Waals surface area contributed by atoms with Crippen LogP contribution in [0.1, 0.15) is 25.3 Å². The van der Waals surface area contributed by atoms with Crippen LogP contribution in [0.3, 0.4) is 0 Å². The Morgan fingerprint density at radius 1 is 1.30 bits per heavy atom. The third kappa shape index (κ3) is 5.15. The van der Waals surface area contributed by atoms with E-state index < -0.39 is 33.0 Å². The molecule has 0 radical (unpaired) electrons. The van der Waals surface area contributed by atoms with Crippen molar-refractivity contribution in [2.75, 3.05) is 13.2 Å². The van der Waals surface area contributed by atoms with Gasteiger partial charge >= 0.3 is 0 Å². The highest BCUT2D eigenvalue weighted by atomic mass is 32.2. The summed E-state index contributed by atoms with van der Waals surface area (Å²) in [6.07, 6.45) is 1.18. The molecule has 0 aromatic heterocycles. The molecule has 0 heterocycles. The fourth-order valence-corrected chi connectivity index (χ4v) is 3.04. The number of halogens is 2. The van der Waals surface area contributed by atoms with Crippen molar-refractivity contribution in [2.45, 2.75) is 25.5 Å². The van der Waals surface area contributed by atoms with E-state index in [0.29, 0.717) is 12.8 Å². The quantitative estimate of drug-likeness (QED) is 0.769. The van der Waals surface area contributed by atoms with Crippen molar-refractivity contribution in [1.82, 2.24) is 4.72 Å². The van der Waals surface area contributed by atoms with Crippen molar-refractivity contribution < 1.29 is 22.3 Å². The summed E-state index contributed by atoms with van der Waals surface area (Å²) in [7, 11) is -3.81. The van der Waals surface area contributed by atoms with E-state index in [-0.39, 0.29) is 19.1 Å². The SMILES string of the molecule is CCC(CCO)CNS(=O)(=O)Cc1c(F)cccc1F. The molecular formula is C13H19F2NO3S. The number of aliphatic hydroxyl groups excluding tert-OH is 1. The number of rotatable bonds is 8. The molecule has 0 bridgehead atoms. The van der Waals surface area contributed by atoms with Gasteiger partial charge in [0, 0.05) is 18.7 Å². The zero-order chi connectivity index (χ0) is 15.2. The number of benzene rings is 1. The van der Waals surface area contributed by atoms with E-state index in [1.54, 1.807) is 0 Å². The second-order valence-electron chi connectivity index (χ2n) is 4.59. The van der Waals surface area contributed by atoms with Crippen LogP contribution in [0.25, 0.3) is 0 Å². The molecule has 20 heavy (non-hydrogen) atoms. The van der Waals surface area contributed by atoms with Crippen LogP contribution in [0.5, 0.6) is 0 Å². The van der Waals surface area contributed by atoms with Gasteiger partial charge in [0.15, 0.2) is 0 Å². The first kappa shape index (κ1) is 17.0. The molecule has 1 atom stereocenters. The number of sulfonamides is 1. The number of hydrogen-bond donors (Lipinski definition) is 2. The molecule has 0 saturated carbocycles. The van der Waals surface area contributed by atoms with Crippen LogP contribution in [0, 0.1) is 17.6 Å². The zero-order valence-corrected chi connectivity index (χ0v) is 12.1. The van der Waals surface area contributed by atoms with Gasteiger partial charge in [-0.2, -0.15) is 0 Å². The van der Waals surface area contributed by atoms with Crippen LogP contribution < -0.4 is 4.72 Å². The third-order valence-corrected chi connectivity index (χ3v) is 4.38. The highest BCUT2D eigenvalue weighted by Gasteiger charge is 2.19. The Hall–Kier alpha value is -1.05. The van der Waals surface area contributed by atoms with E-state index in [2.05, 4.69) is 4.72 Å². The summed E-state index contributed by atoms with van der Waals surface area (Å²) >= 11 is 0. The van der Waals surface area contributed by atoms with Gasteiger partial charge in [-0.1, -0.05) is 19.4 Å². The van der Waals surface area contributed by atoms with Crippen molar-refractivity contribution in [3.63, 3.8) is 0 Å². The monoisotopic (exact) mass is 307 g/mol. The van der Waals surface area contributed by atoms with Gasteiger partial charge in [-0.15, -0.1) is 0 Å². The standard InChI is InChI=1S/C13H19F2NO3S/c1-2-10(6-7-17)8-16-20(18,19)9-11-12(14)4-3-5-13(11)15/h3-5,10,16-17H,2,6-9H2,1H3. The van der Waals surface area contributed by atoms with Gasteiger partial charge in [0.1, 0.15) is 11.6 Å². The molecule has 0 aliphatic heterocycles. The summed E-state index contributed by atoms with van der Waals surface area (Å²) in [5.41, 5.74) is -0.463. The minimum atomic E-state index is -3.81. The normalized spacial score (nSPS) is 13.4. The summed E-state index contributed by atoms with van der Waals surface area (Å²) in [5, 5.41) is 8.83. The van der Waals surface area contributed by atoms with Crippen molar-refractivity contribution in [3.8, 4) is 0 Å². The first-order valence-corrected chi connectivity index (χ1v) is 8.06. The smallest absolute Gasteiger partial charge is 0.216 e. The molecule has 0 spiro atoms. The zero-order valence-electron chi connectivity index (χ0n) is 11.3. The Balaban J connectivity index is 2.71. The van der Waals surface area contributed by atoms with Crippen LogP contribution in [0.2, 0.25) is 0 Å². The molecule has 0 saturated heterocycles. The topological polar surface area (TPSA) is 66.4 Å². The van der Waals surface area contributed by atoms with Gasteiger partial charge in [-0.05, 0) is 24.5 Å². The van der Waals surface area contributed by atoms with E-state index in [9.17, 15) is 17.2 Å². The molecule has 1 unspecified atom stereocenters. The van der Waals surface area contributed by atoms with Crippen LogP contribution >= 0.6 is 0 Å². The number of hydrogen-bond acceptors (Lipinski definition) is 3. The van der Waals surface area contributed by atoms with Gasteiger partial charge in [0.25, 0.3) is 0 Å². The molecule has 4 nitrogen and oxygen atoms in total. The maximum absolute atomic E-state index is 13.4. The molecule has 0 aliphatic rings. The lowest BCUT2D eigenvalue weighted by molar-refractivity contribution is 0.254. The third-order valence-electron chi connectivity index (χ3n) is 3.10. The maximum atomic E-state index is 13.4. The van der Waals surface area contributed by atoms with Crippen LogP contribution in [0.4, 0.5) is 8.78 Å². The van der Waals surface area contributed by atoms with E-state index in [0.717, 1.165) is 12.1 Å². The molecule has 1 aromatic rings. The molecule has 1 aromatic carbocycles. The lowest BCUT2D eigenvalue weighted by Gasteiger charge is -2.14. The molecule has 2 N–H and O–H groups in total. The lowest BCUT2D eigenvalue weighted by atomic mass is 10.0. The van der Waals surface area contributed by atoms with Gasteiger partial charge in [-0.25, -0.2) is 21.9 Å². The highest BCUT2D eigenvalue weighted by Crippen LogP contribution is 2.15. The predicted molar refractivity (Wildman–Crippen MR) is 72.5 cm³/mol. The summed E-state index contributed by atoms with van der Waals surface area (Å²) < 4.78 is 52.8. The average molecular weight is 307 g/mol. The van der Waals surface area contributed by atoms with Gasteiger partial charge in [-0.3, -0.25) is 0 Å². The van der Waals surface area contributed by atoms with Gasteiger partial charge in [0.05, 0.1) is 5.75 Å². The minimum absolute atomic E-state index is 0.000224. The van der Waals surface area contributed by atoms with Crippen molar-refractivity contribution in [1.29, 1.82) is 0 Å². The number of aliphatic hydroxyl groups is 1. The number of nitrogens with one attached hydrogen (secondary N) is 1. The van der Waals surface area contributed by atoms with Crippen LogP contribution in [-0.4, -0.2) is 26.7 Å². The van der Waals surface area contributed by atoms with E-state index in [1.807, 2.05) is 6.92 Å². The van der Waals surface area contributed by atoms with Gasteiger partial charge < -0.3 is 5.11 Å². The second-order valence-corrected chi connectivity index (χ2v) is 6.40. The van der Waals surface area contributed by atoms with Gasteiger partial charge in [0.2, 0.25) is 10.0 Å². The van der Waals surface area contributed by atoms with E-state index in [4.69, 9.17) is 5.11 Å². The van der Waals surface area contributed by atoms with Crippen molar-refractivity contribution in [2.24, 2.45) is 5.92 Å². The lowest BCUT2D eigenvalue weighted by Crippen LogP contribution is -2.31. The summed E-state index contributed by atoms with van der Waals surface area (Å²) in [4.78, 5) is 0. The Kier molecular flexibility index (Phi) is 6.51. The molecule has 0 aliphatic carbocycles. The second kappa shape index (κ2) is 7.66. The summed E-state index contributed by atoms with van der Waals surface area (Å²) in [5.74, 6) is -2.49. The Labute approximate surface area is 117 Å². The molecule has 7 heteroatoms. The van der Waals surface area contributed by atoms with E-state index in [1.165, 1.54) is 6.07 Å². The average Bonchev–Trinajstić information content (AvgIpc) is 2.39. The van der Waals surface area contributed by atoms with E-state index >= 15 is 0 Å². The largest absolute Gasteiger partial charge is 0.396 e. The molecule has 0 amide bonds. The highest BCUT2D eigenvalue weighted by molar-refractivity contribution is 7.88. The molecule has 114 valence electrons. The predicted octanol–water partition coefficient (Wildman–Crippen LogP) is 1.79. The van der Waals surface area contributed by atoms with Crippen LogP contribution in [-0.2, 0) is 15.8 Å². The fraction of sp³-hybridized carbons (Fsp3) is 0.538. The van der Waals surface area contributed by atoms with Crippen molar-refractivity contribution >= 4 is 10.0 Å². The fourth-order valence-electron chi connectivity index (χ4n) is 1.79. The van der Waals surface area contributed by atoms with Crippen LogP contribution in [0.15, 0.2) is 18.2 Å². The molecule has 1 rings (SSSR count). The summed E-state index contributed by atoms with van der Waals surface area (Å²) in [6, 6.07) is 3.23. The Morgan fingerprint density at radius 2 is 1.90 bits per heavy atom. The Bertz CT molecular complexity index is 514. The Morgan fingerprint density at radius 3 is 2.40 bits per heavy atom. The first-order chi connectivity index (χ1) is 9.39. The maximum Gasteiger partial charge on any atom is 0.216 e. The molecule has 0 fully saturated rings. The minimum Gasteiger partial charge on any atom is -0.396 e.